The Labute approximate surface area is 179 Å². The Morgan fingerprint density at radius 1 is 1.07 bits per heavy atom. The number of ether oxygens (including phenoxy) is 1. The van der Waals surface area contributed by atoms with E-state index in [1.807, 2.05) is 60.1 Å². The number of hydrogen-bond acceptors (Lipinski definition) is 3. The van der Waals surface area contributed by atoms with Gasteiger partial charge in [-0.15, -0.1) is 0 Å². The van der Waals surface area contributed by atoms with Crippen LogP contribution >= 0.6 is 0 Å². The Morgan fingerprint density at radius 3 is 2.27 bits per heavy atom. The summed E-state index contributed by atoms with van der Waals surface area (Å²) in [5.74, 6) is 1.21. The molecule has 2 aromatic carbocycles. The second-order valence-corrected chi connectivity index (χ2v) is 8.21. The molecule has 1 amide bonds. The molecule has 0 aliphatic rings. The summed E-state index contributed by atoms with van der Waals surface area (Å²) in [5, 5.41) is 7.71. The first-order valence-electron chi connectivity index (χ1n) is 10.4. The average Bonchev–Trinajstić information content (AvgIpc) is 3.04. The first-order valence-corrected chi connectivity index (χ1v) is 10.4. The zero-order valence-electron chi connectivity index (χ0n) is 18.5. The normalized spacial score (nSPS) is 12.1. The van der Waals surface area contributed by atoms with Crippen molar-refractivity contribution in [2.75, 3.05) is 7.11 Å². The highest BCUT2D eigenvalue weighted by atomic mass is 16.5. The molecule has 158 valence electrons. The van der Waals surface area contributed by atoms with Gasteiger partial charge in [0, 0.05) is 11.3 Å². The van der Waals surface area contributed by atoms with Crippen molar-refractivity contribution in [2.24, 2.45) is 5.92 Å². The molecule has 1 aromatic heterocycles. The fraction of sp³-hybridized carbons (Fsp3) is 0.360. The van der Waals surface area contributed by atoms with Crippen molar-refractivity contribution in [1.29, 1.82) is 0 Å². The minimum Gasteiger partial charge on any atom is -0.497 e. The second-order valence-electron chi connectivity index (χ2n) is 8.21. The zero-order chi connectivity index (χ0) is 21.7. The molecule has 0 unspecified atom stereocenters. The summed E-state index contributed by atoms with van der Waals surface area (Å²) in [4.78, 5) is 12.9. The SMILES string of the molecule is COc1ccc([C@@H](CC(C)C)NC(=O)c2ccc(Cn3nc(C)cc3C)cc2)cc1. The van der Waals surface area contributed by atoms with Gasteiger partial charge in [-0.2, -0.15) is 5.10 Å². The highest BCUT2D eigenvalue weighted by Crippen LogP contribution is 2.24. The van der Waals surface area contributed by atoms with Crippen LogP contribution in [0, 0.1) is 19.8 Å². The van der Waals surface area contributed by atoms with Gasteiger partial charge in [0.25, 0.3) is 5.91 Å². The topological polar surface area (TPSA) is 56.1 Å². The number of carbonyl (C=O) groups excluding carboxylic acids is 1. The van der Waals surface area contributed by atoms with Crippen molar-refractivity contribution in [3.05, 3.63) is 82.7 Å². The quantitative estimate of drug-likeness (QED) is 0.569. The van der Waals surface area contributed by atoms with E-state index in [1.165, 1.54) is 0 Å². The lowest BCUT2D eigenvalue weighted by Gasteiger charge is -2.21. The lowest BCUT2D eigenvalue weighted by Crippen LogP contribution is -2.29. The maximum atomic E-state index is 12.9. The summed E-state index contributed by atoms with van der Waals surface area (Å²) in [6.07, 6.45) is 0.869. The van der Waals surface area contributed by atoms with Gasteiger partial charge in [-0.05, 0) is 67.6 Å². The molecule has 0 radical (unpaired) electrons. The van der Waals surface area contributed by atoms with Crippen molar-refractivity contribution in [3.63, 3.8) is 0 Å². The second kappa shape index (κ2) is 9.61. The summed E-state index contributed by atoms with van der Waals surface area (Å²) in [6.45, 7) is 9.07. The number of hydrogen-bond donors (Lipinski definition) is 1. The molecule has 0 bridgehead atoms. The minimum absolute atomic E-state index is 0.0437. The summed E-state index contributed by atoms with van der Waals surface area (Å²) in [7, 11) is 1.65. The Kier molecular flexibility index (Phi) is 6.93. The van der Waals surface area contributed by atoms with Gasteiger partial charge in [-0.3, -0.25) is 9.48 Å². The van der Waals surface area contributed by atoms with E-state index < -0.39 is 0 Å². The maximum absolute atomic E-state index is 12.9. The van der Waals surface area contributed by atoms with Crippen molar-refractivity contribution in [1.82, 2.24) is 15.1 Å². The Hall–Kier alpha value is -3.08. The zero-order valence-corrected chi connectivity index (χ0v) is 18.5. The van der Waals surface area contributed by atoms with Gasteiger partial charge in [-0.1, -0.05) is 38.1 Å². The fourth-order valence-electron chi connectivity index (χ4n) is 3.60. The molecular formula is C25H31N3O2. The van der Waals surface area contributed by atoms with Gasteiger partial charge in [0.2, 0.25) is 0 Å². The molecule has 0 fully saturated rings. The lowest BCUT2D eigenvalue weighted by molar-refractivity contribution is 0.0932. The Balaban J connectivity index is 1.70. The van der Waals surface area contributed by atoms with Crippen LogP contribution in [0.5, 0.6) is 5.75 Å². The van der Waals surface area contributed by atoms with Crippen LogP contribution in [0.2, 0.25) is 0 Å². The third-order valence-electron chi connectivity index (χ3n) is 5.18. The number of aryl methyl sites for hydroxylation is 2. The van der Waals surface area contributed by atoms with E-state index >= 15 is 0 Å². The van der Waals surface area contributed by atoms with Crippen molar-refractivity contribution in [3.8, 4) is 5.75 Å². The molecular weight excluding hydrogens is 374 g/mol. The van der Waals surface area contributed by atoms with E-state index in [0.717, 1.165) is 34.7 Å². The number of aromatic nitrogens is 2. The standard InChI is InChI=1S/C25H31N3O2/c1-17(2)14-24(21-10-12-23(30-5)13-11-21)26-25(29)22-8-6-20(7-9-22)16-28-19(4)15-18(3)27-28/h6-13,15,17,24H,14,16H2,1-5H3,(H,26,29)/t24-/m1/s1. The minimum atomic E-state index is -0.0610. The van der Waals surface area contributed by atoms with Crippen LogP contribution in [0.4, 0.5) is 0 Å². The number of methoxy groups -OCH3 is 1. The summed E-state index contributed by atoms with van der Waals surface area (Å²) >= 11 is 0. The van der Waals surface area contributed by atoms with Gasteiger partial charge < -0.3 is 10.1 Å². The predicted molar refractivity (Wildman–Crippen MR) is 120 cm³/mol. The third kappa shape index (κ3) is 5.50. The smallest absolute Gasteiger partial charge is 0.251 e. The van der Waals surface area contributed by atoms with Crippen LogP contribution in [0.15, 0.2) is 54.6 Å². The lowest BCUT2D eigenvalue weighted by atomic mass is 9.96. The third-order valence-corrected chi connectivity index (χ3v) is 5.18. The number of amides is 1. The molecule has 3 rings (SSSR count). The molecule has 30 heavy (non-hydrogen) atoms. The summed E-state index contributed by atoms with van der Waals surface area (Å²) < 4.78 is 7.23. The van der Waals surface area contributed by atoms with Gasteiger partial charge >= 0.3 is 0 Å². The first-order chi connectivity index (χ1) is 14.4. The Morgan fingerprint density at radius 2 is 1.73 bits per heavy atom. The molecule has 0 saturated carbocycles. The van der Waals surface area contributed by atoms with E-state index in [0.29, 0.717) is 18.0 Å². The van der Waals surface area contributed by atoms with Gasteiger partial charge in [0.05, 0.1) is 25.4 Å². The van der Waals surface area contributed by atoms with Gasteiger partial charge in [0.1, 0.15) is 5.75 Å². The molecule has 1 heterocycles. The molecule has 0 spiro atoms. The number of nitrogens with zero attached hydrogens (tertiary/aromatic N) is 2. The first kappa shape index (κ1) is 21.6. The molecule has 0 aliphatic heterocycles. The van der Waals surface area contributed by atoms with E-state index in [-0.39, 0.29) is 11.9 Å². The highest BCUT2D eigenvalue weighted by Gasteiger charge is 2.17. The van der Waals surface area contributed by atoms with Crippen LogP contribution in [0.25, 0.3) is 0 Å². The van der Waals surface area contributed by atoms with Crippen LogP contribution in [-0.2, 0) is 6.54 Å². The van der Waals surface area contributed by atoms with E-state index in [1.54, 1.807) is 7.11 Å². The Bertz CT molecular complexity index is 973. The van der Waals surface area contributed by atoms with Crippen LogP contribution in [-0.4, -0.2) is 22.8 Å². The maximum Gasteiger partial charge on any atom is 0.251 e. The number of nitrogens with one attached hydrogen (secondary N) is 1. The van der Waals surface area contributed by atoms with Crippen molar-refractivity contribution in [2.45, 2.75) is 46.7 Å². The molecule has 3 aromatic rings. The van der Waals surface area contributed by atoms with Crippen molar-refractivity contribution < 1.29 is 9.53 Å². The van der Waals surface area contributed by atoms with E-state index in [9.17, 15) is 4.79 Å². The van der Waals surface area contributed by atoms with Crippen molar-refractivity contribution >= 4 is 5.91 Å². The summed E-state index contributed by atoms with van der Waals surface area (Å²) in [6, 6.07) is 17.7. The molecule has 5 heteroatoms. The molecule has 5 nitrogen and oxygen atoms in total. The monoisotopic (exact) mass is 405 g/mol. The summed E-state index contributed by atoms with van der Waals surface area (Å²) in [5.41, 5.74) is 5.00. The van der Waals surface area contributed by atoms with Crippen LogP contribution < -0.4 is 10.1 Å². The fourth-order valence-corrected chi connectivity index (χ4v) is 3.60. The predicted octanol–water partition coefficient (Wildman–Crippen LogP) is 5.07. The van der Waals surface area contributed by atoms with Crippen LogP contribution in [0.3, 0.4) is 0 Å². The largest absolute Gasteiger partial charge is 0.497 e. The number of carbonyl (C=O) groups is 1. The molecule has 0 saturated heterocycles. The van der Waals surface area contributed by atoms with Gasteiger partial charge in [-0.25, -0.2) is 0 Å². The molecule has 1 N–H and O–H groups in total. The number of benzene rings is 2. The van der Waals surface area contributed by atoms with Gasteiger partial charge in [0.15, 0.2) is 0 Å². The molecule has 0 aliphatic carbocycles. The van der Waals surface area contributed by atoms with Crippen LogP contribution in [0.1, 0.15) is 59.2 Å². The average molecular weight is 406 g/mol. The number of rotatable bonds is 8. The highest BCUT2D eigenvalue weighted by molar-refractivity contribution is 5.94. The van der Waals surface area contributed by atoms with E-state index in [2.05, 4.69) is 37.3 Å². The van der Waals surface area contributed by atoms with E-state index in [4.69, 9.17) is 4.74 Å². The molecule has 1 atom stereocenters.